The van der Waals surface area contributed by atoms with E-state index in [4.69, 9.17) is 10.4 Å². The number of aromatic nitrogens is 2. The van der Waals surface area contributed by atoms with E-state index < -0.39 is 9.84 Å². The summed E-state index contributed by atoms with van der Waals surface area (Å²) in [6.07, 6.45) is 3.91. The zero-order valence-corrected chi connectivity index (χ0v) is 16.4. The number of nitriles is 1. The van der Waals surface area contributed by atoms with Gasteiger partial charge in [0, 0.05) is 25.6 Å². The van der Waals surface area contributed by atoms with Crippen LogP contribution in [0.2, 0.25) is 0 Å². The Morgan fingerprint density at radius 2 is 1.96 bits per heavy atom. The number of amides is 1. The van der Waals surface area contributed by atoms with Crippen LogP contribution in [0.1, 0.15) is 29.3 Å². The van der Waals surface area contributed by atoms with Gasteiger partial charge in [0.25, 0.3) is 0 Å². The molecule has 27 heavy (non-hydrogen) atoms. The molecule has 0 spiro atoms. The average Bonchev–Trinajstić information content (AvgIpc) is 3.22. The molecule has 0 saturated carbocycles. The molecule has 1 aromatic heterocycles. The van der Waals surface area contributed by atoms with E-state index in [1.54, 1.807) is 22.9 Å². The first-order valence-corrected chi connectivity index (χ1v) is 10.1. The summed E-state index contributed by atoms with van der Waals surface area (Å²) in [5, 5.41) is 22.4. The van der Waals surface area contributed by atoms with Crippen molar-refractivity contribution >= 4 is 15.7 Å². The minimum atomic E-state index is -3.21. The van der Waals surface area contributed by atoms with Crippen molar-refractivity contribution < 1.29 is 18.3 Å². The zero-order valence-electron chi connectivity index (χ0n) is 15.6. The van der Waals surface area contributed by atoms with Gasteiger partial charge in [-0.3, -0.25) is 9.48 Å². The van der Waals surface area contributed by atoms with Crippen molar-refractivity contribution in [1.29, 1.82) is 5.26 Å². The van der Waals surface area contributed by atoms with Crippen LogP contribution in [0.15, 0.2) is 35.4 Å². The monoisotopic (exact) mass is 392 g/mol. The Labute approximate surface area is 159 Å². The molecule has 8 nitrogen and oxygen atoms in total. The highest BCUT2D eigenvalue weighted by Crippen LogP contribution is 2.17. The van der Waals surface area contributed by atoms with E-state index in [1.807, 2.05) is 20.0 Å². The van der Waals surface area contributed by atoms with E-state index >= 15 is 0 Å². The minimum absolute atomic E-state index is 0.0856. The third-order valence-electron chi connectivity index (χ3n) is 4.04. The lowest BCUT2D eigenvalue weighted by molar-refractivity contribution is -0.122. The topological polar surface area (TPSA) is 125 Å². The van der Waals surface area contributed by atoms with Crippen molar-refractivity contribution in [2.45, 2.75) is 37.8 Å². The van der Waals surface area contributed by atoms with Crippen LogP contribution in [-0.4, -0.2) is 42.0 Å². The third kappa shape index (κ3) is 5.91. The van der Waals surface area contributed by atoms with Crippen LogP contribution in [0.25, 0.3) is 0 Å². The van der Waals surface area contributed by atoms with Crippen LogP contribution >= 0.6 is 0 Å². The fourth-order valence-electron chi connectivity index (χ4n) is 2.56. The number of nitrogens with zero attached hydrogens (tertiary/aromatic N) is 3. The Hall–Kier alpha value is -2.70. The number of aliphatic hydroxyl groups is 1. The van der Waals surface area contributed by atoms with Gasteiger partial charge in [-0.15, -0.1) is 0 Å². The quantitative estimate of drug-likeness (QED) is 0.811. The highest BCUT2D eigenvalue weighted by Gasteiger charge is 2.26. The molecule has 146 valence electrons. The first-order chi connectivity index (χ1) is 12.7. The van der Waals surface area contributed by atoms with E-state index in [9.17, 15) is 13.2 Å². The molecule has 2 heterocycles. The van der Waals surface area contributed by atoms with Crippen LogP contribution in [0.4, 0.5) is 0 Å². The van der Waals surface area contributed by atoms with Crippen molar-refractivity contribution in [2.24, 2.45) is 0 Å². The molecule has 1 aromatic carbocycles. The summed E-state index contributed by atoms with van der Waals surface area (Å²) in [7, 11) is -3.21. The molecule has 1 aliphatic heterocycles. The van der Waals surface area contributed by atoms with Crippen LogP contribution in [0.5, 0.6) is 0 Å². The Kier molecular flexibility index (Phi) is 8.15. The Morgan fingerprint density at radius 3 is 2.37 bits per heavy atom. The van der Waals surface area contributed by atoms with Gasteiger partial charge < -0.3 is 10.4 Å². The molecule has 3 rings (SSSR count). The largest absolute Gasteiger partial charge is 0.392 e. The van der Waals surface area contributed by atoms with Crippen LogP contribution in [0.3, 0.4) is 0 Å². The van der Waals surface area contributed by atoms with Crippen molar-refractivity contribution in [1.82, 2.24) is 15.1 Å². The van der Waals surface area contributed by atoms with Crippen molar-refractivity contribution in [3.63, 3.8) is 0 Å². The summed E-state index contributed by atoms with van der Waals surface area (Å²) in [6.45, 7) is 7.98. The Morgan fingerprint density at radius 1 is 1.33 bits per heavy atom. The number of carbonyl (C=O) groups is 1. The molecule has 0 radical (unpaired) electrons. The lowest BCUT2D eigenvalue weighted by atomic mass is 10.2. The molecule has 1 amide bonds. The van der Waals surface area contributed by atoms with Gasteiger partial charge >= 0.3 is 0 Å². The normalized spacial score (nSPS) is 15.8. The molecule has 0 aliphatic carbocycles. The summed E-state index contributed by atoms with van der Waals surface area (Å²) in [6, 6.07) is 6.32. The molecular formula is C18H24N4O4S. The number of nitrogens with one attached hydrogen (secondary N) is 1. The van der Waals surface area contributed by atoms with Gasteiger partial charge in [-0.25, -0.2) is 13.7 Å². The molecule has 1 unspecified atom stereocenters. The number of aliphatic hydroxyl groups excluding tert-OH is 1. The van der Waals surface area contributed by atoms with Crippen LogP contribution in [0, 0.1) is 25.7 Å². The second kappa shape index (κ2) is 9.85. The number of benzene rings is 1. The number of rotatable bonds is 3. The van der Waals surface area contributed by atoms with E-state index in [2.05, 4.69) is 17.0 Å². The number of carbonyl (C=O) groups excluding carboxylic acids is 1. The number of hydrogen-bond donors (Lipinski definition) is 2. The second-order valence-electron chi connectivity index (χ2n) is 6.01. The fraction of sp³-hybridized carbons (Fsp3) is 0.389. The van der Waals surface area contributed by atoms with Gasteiger partial charge in [0.1, 0.15) is 6.04 Å². The maximum Gasteiger partial charge on any atom is 0.244 e. The zero-order chi connectivity index (χ0) is 20.6. The highest BCUT2D eigenvalue weighted by molar-refractivity contribution is 7.90. The van der Waals surface area contributed by atoms with E-state index in [-0.39, 0.29) is 23.5 Å². The fourth-order valence-corrected chi connectivity index (χ4v) is 3.50. The predicted molar refractivity (Wildman–Crippen MR) is 101 cm³/mol. The van der Waals surface area contributed by atoms with Gasteiger partial charge in [-0.05, 0) is 37.5 Å². The molecule has 1 saturated heterocycles. The molecule has 0 bridgehead atoms. The minimum Gasteiger partial charge on any atom is -0.392 e. The molecular weight excluding hydrogens is 368 g/mol. The van der Waals surface area contributed by atoms with Gasteiger partial charge in [0.15, 0.2) is 9.84 Å². The van der Waals surface area contributed by atoms with Gasteiger partial charge in [0.05, 0.1) is 17.2 Å². The summed E-state index contributed by atoms with van der Waals surface area (Å²) in [5.74, 6) is 0.0856. The first-order valence-electron chi connectivity index (χ1n) is 8.18. The van der Waals surface area contributed by atoms with Gasteiger partial charge in [-0.2, -0.15) is 5.10 Å². The SMILES string of the molecule is C#N.CS(=O)(=O)c1ccccc1CO.Cc1cn(C2CCNC2=O)nc1C. The lowest BCUT2D eigenvalue weighted by Gasteiger charge is -2.05. The predicted octanol–water partition coefficient (Wildman–Crippen LogP) is 1.28. The molecule has 2 N–H and O–H groups in total. The number of aryl methyl sites for hydroxylation is 2. The highest BCUT2D eigenvalue weighted by atomic mass is 32.2. The number of sulfone groups is 1. The summed E-state index contributed by atoms with van der Waals surface area (Å²) >= 11 is 0. The summed E-state index contributed by atoms with van der Waals surface area (Å²) in [4.78, 5) is 11.5. The maximum atomic E-state index is 11.3. The van der Waals surface area contributed by atoms with Gasteiger partial charge in [0.2, 0.25) is 5.91 Å². The third-order valence-corrected chi connectivity index (χ3v) is 5.24. The molecule has 1 aliphatic rings. The smallest absolute Gasteiger partial charge is 0.244 e. The maximum absolute atomic E-state index is 11.3. The van der Waals surface area contributed by atoms with Crippen molar-refractivity contribution in [2.75, 3.05) is 12.8 Å². The Bertz CT molecular complexity index is 884. The van der Waals surface area contributed by atoms with Crippen LogP contribution in [-0.2, 0) is 21.2 Å². The molecule has 1 fully saturated rings. The Balaban J connectivity index is 0.000000248. The average molecular weight is 392 g/mol. The number of hydrogen-bond acceptors (Lipinski definition) is 6. The summed E-state index contributed by atoms with van der Waals surface area (Å²) in [5.41, 5.74) is 2.58. The van der Waals surface area contributed by atoms with Crippen molar-refractivity contribution in [3.8, 4) is 6.57 Å². The van der Waals surface area contributed by atoms with Crippen molar-refractivity contribution in [3.05, 3.63) is 47.3 Å². The standard InChI is InChI=1S/C9H13N3O.C8H10O3S.CHN/c1-6-5-12(11-7(6)2)8-3-4-10-9(8)13;1-12(10,11)8-5-3-2-4-7(8)6-9;1-2/h5,8H,3-4H2,1-2H3,(H,10,13);2-5,9H,6H2,1H3;1H. The molecule has 9 heteroatoms. The van der Waals surface area contributed by atoms with E-state index in [0.717, 1.165) is 30.5 Å². The van der Waals surface area contributed by atoms with Crippen LogP contribution < -0.4 is 5.32 Å². The lowest BCUT2D eigenvalue weighted by Crippen LogP contribution is -2.22. The first kappa shape index (κ1) is 22.3. The summed E-state index contributed by atoms with van der Waals surface area (Å²) < 4.78 is 24.0. The van der Waals surface area contributed by atoms with Gasteiger partial charge in [-0.1, -0.05) is 18.2 Å². The molecule has 2 aromatic rings. The molecule has 1 atom stereocenters. The van der Waals surface area contributed by atoms with E-state index in [0.29, 0.717) is 5.56 Å². The second-order valence-corrected chi connectivity index (χ2v) is 8.00. The van der Waals surface area contributed by atoms with E-state index in [1.165, 1.54) is 6.07 Å².